The van der Waals surface area contributed by atoms with Gasteiger partial charge in [-0.2, -0.15) is 13.2 Å². The van der Waals surface area contributed by atoms with E-state index < -0.39 is 23.8 Å². The molecule has 0 fully saturated rings. The zero-order valence-corrected chi connectivity index (χ0v) is 12.8. The Morgan fingerprint density at radius 3 is 2.71 bits per heavy atom. The molecule has 2 N–H and O–H groups in total. The van der Waals surface area contributed by atoms with Crippen LogP contribution in [0.4, 0.5) is 18.9 Å². The van der Waals surface area contributed by atoms with Crippen molar-refractivity contribution in [1.29, 1.82) is 0 Å². The number of halogens is 4. The van der Waals surface area contributed by atoms with Gasteiger partial charge in [-0.15, -0.1) is 0 Å². The minimum absolute atomic E-state index is 0.0578. The third kappa shape index (κ3) is 5.92. The molecule has 8 heteroatoms. The predicted octanol–water partition coefficient (Wildman–Crippen LogP) is 3.19. The summed E-state index contributed by atoms with van der Waals surface area (Å²) in [4.78, 5) is 11.1. The van der Waals surface area contributed by atoms with Crippen LogP contribution < -0.4 is 5.32 Å². The highest BCUT2D eigenvalue weighted by Gasteiger charge is 2.33. The lowest BCUT2D eigenvalue weighted by Gasteiger charge is -2.14. The first-order chi connectivity index (χ1) is 9.74. The molecule has 0 amide bonds. The molecule has 0 bridgehead atoms. The number of carbonyl (C=O) groups is 1. The molecule has 0 aromatic heterocycles. The minimum Gasteiger partial charge on any atom is -0.466 e. The molecule has 1 rings (SSSR count). The fourth-order valence-corrected chi connectivity index (χ4v) is 2.04. The zero-order chi connectivity index (χ0) is 16.0. The number of esters is 1. The van der Waals surface area contributed by atoms with Gasteiger partial charge in [-0.05, 0) is 25.1 Å². The fraction of sp³-hybridized carbons (Fsp3) is 0.462. The standard InChI is InChI=1S/C13H15BrF3NO3/c1-2-21-12(20)6-9(19)7-18-8-3-4-11(14)10(5-8)13(15,16)17/h3-5,9,18-19H,2,6-7H2,1H3. The van der Waals surface area contributed by atoms with Crippen molar-refractivity contribution < 1.29 is 27.8 Å². The third-order valence-electron chi connectivity index (χ3n) is 2.52. The lowest BCUT2D eigenvalue weighted by Crippen LogP contribution is -2.24. The van der Waals surface area contributed by atoms with Crippen LogP contribution in [-0.4, -0.2) is 30.3 Å². The number of aliphatic hydroxyl groups excluding tert-OH is 1. The van der Waals surface area contributed by atoms with E-state index in [2.05, 4.69) is 26.0 Å². The minimum atomic E-state index is -4.47. The SMILES string of the molecule is CCOC(=O)CC(O)CNc1ccc(Br)c(C(F)(F)F)c1. The Morgan fingerprint density at radius 1 is 1.48 bits per heavy atom. The number of benzene rings is 1. The Morgan fingerprint density at radius 2 is 2.14 bits per heavy atom. The van der Waals surface area contributed by atoms with Crippen molar-refractivity contribution in [3.05, 3.63) is 28.2 Å². The van der Waals surface area contributed by atoms with E-state index >= 15 is 0 Å². The van der Waals surface area contributed by atoms with Gasteiger partial charge < -0.3 is 15.2 Å². The third-order valence-corrected chi connectivity index (χ3v) is 3.21. The molecule has 21 heavy (non-hydrogen) atoms. The van der Waals surface area contributed by atoms with Gasteiger partial charge in [0, 0.05) is 16.7 Å². The summed E-state index contributed by atoms with van der Waals surface area (Å²) in [5.74, 6) is -0.557. The Balaban J connectivity index is 2.62. The molecule has 0 radical (unpaired) electrons. The molecule has 1 aromatic carbocycles. The van der Waals surface area contributed by atoms with Gasteiger partial charge in [0.1, 0.15) is 0 Å². The number of nitrogens with one attached hydrogen (secondary N) is 1. The molecule has 0 saturated heterocycles. The lowest BCUT2D eigenvalue weighted by atomic mass is 10.2. The first-order valence-electron chi connectivity index (χ1n) is 6.18. The summed E-state index contributed by atoms with van der Waals surface area (Å²) in [5.41, 5.74) is -0.610. The topological polar surface area (TPSA) is 58.6 Å². The fourth-order valence-electron chi connectivity index (χ4n) is 1.57. The second-order valence-electron chi connectivity index (χ2n) is 4.24. The van der Waals surface area contributed by atoms with Gasteiger partial charge >= 0.3 is 12.1 Å². The number of alkyl halides is 3. The molecule has 0 saturated carbocycles. The summed E-state index contributed by atoms with van der Waals surface area (Å²) >= 11 is 2.84. The zero-order valence-electron chi connectivity index (χ0n) is 11.2. The lowest BCUT2D eigenvalue weighted by molar-refractivity contribution is -0.145. The van der Waals surface area contributed by atoms with Gasteiger partial charge in [-0.25, -0.2) is 0 Å². The van der Waals surface area contributed by atoms with Crippen molar-refractivity contribution in [2.75, 3.05) is 18.5 Å². The summed E-state index contributed by atoms with van der Waals surface area (Å²) in [6.07, 6.45) is -5.73. The molecule has 0 aliphatic carbocycles. The summed E-state index contributed by atoms with van der Waals surface area (Å²) < 4.78 is 42.7. The molecule has 4 nitrogen and oxygen atoms in total. The Kier molecular flexibility index (Phi) is 6.47. The Hall–Kier alpha value is -1.28. The molecule has 0 heterocycles. The number of hydrogen-bond donors (Lipinski definition) is 2. The smallest absolute Gasteiger partial charge is 0.417 e. The van der Waals surface area contributed by atoms with Crippen molar-refractivity contribution in [2.45, 2.75) is 25.6 Å². The van der Waals surface area contributed by atoms with Crippen LogP contribution in [0.15, 0.2) is 22.7 Å². The first-order valence-corrected chi connectivity index (χ1v) is 6.97. The average Bonchev–Trinajstić information content (AvgIpc) is 2.36. The highest BCUT2D eigenvalue weighted by Crippen LogP contribution is 2.36. The number of carbonyl (C=O) groups excluding carboxylic acids is 1. The highest BCUT2D eigenvalue weighted by molar-refractivity contribution is 9.10. The van der Waals surface area contributed by atoms with Gasteiger partial charge in [-0.1, -0.05) is 15.9 Å². The molecular formula is C13H15BrF3NO3. The van der Waals surface area contributed by atoms with E-state index in [9.17, 15) is 23.1 Å². The molecule has 1 unspecified atom stereocenters. The number of anilines is 1. The monoisotopic (exact) mass is 369 g/mol. The van der Waals surface area contributed by atoms with Gasteiger partial charge in [-0.3, -0.25) is 4.79 Å². The van der Waals surface area contributed by atoms with E-state index in [1.165, 1.54) is 12.1 Å². The largest absolute Gasteiger partial charge is 0.466 e. The van der Waals surface area contributed by atoms with Crippen LogP contribution in [0.25, 0.3) is 0 Å². The molecule has 0 spiro atoms. The maximum atomic E-state index is 12.7. The van der Waals surface area contributed by atoms with Crippen LogP contribution >= 0.6 is 15.9 Å². The molecular weight excluding hydrogens is 355 g/mol. The van der Waals surface area contributed by atoms with Crippen LogP contribution in [0.2, 0.25) is 0 Å². The van der Waals surface area contributed by atoms with Crippen molar-refractivity contribution in [2.24, 2.45) is 0 Å². The summed E-state index contributed by atoms with van der Waals surface area (Å²) in [5, 5.41) is 12.2. The highest BCUT2D eigenvalue weighted by atomic mass is 79.9. The number of ether oxygens (including phenoxy) is 1. The number of aliphatic hydroxyl groups is 1. The normalized spacial score (nSPS) is 12.9. The van der Waals surface area contributed by atoms with Gasteiger partial charge in [0.2, 0.25) is 0 Å². The summed E-state index contributed by atoms with van der Waals surface area (Å²) in [6, 6.07) is 3.64. The van der Waals surface area contributed by atoms with Crippen LogP contribution in [0.1, 0.15) is 18.9 Å². The van der Waals surface area contributed by atoms with Gasteiger partial charge in [0.15, 0.2) is 0 Å². The molecule has 1 atom stereocenters. The van der Waals surface area contributed by atoms with E-state index in [1.54, 1.807) is 6.92 Å². The quantitative estimate of drug-likeness (QED) is 0.756. The van der Waals surface area contributed by atoms with E-state index in [4.69, 9.17) is 0 Å². The summed E-state index contributed by atoms with van der Waals surface area (Å²) in [7, 11) is 0. The van der Waals surface area contributed by atoms with E-state index in [0.717, 1.165) is 6.07 Å². The van der Waals surface area contributed by atoms with Gasteiger partial charge in [0.05, 0.1) is 24.7 Å². The molecule has 0 aliphatic rings. The Bertz CT molecular complexity index is 494. The van der Waals surface area contributed by atoms with Crippen molar-refractivity contribution >= 4 is 27.6 Å². The molecule has 118 valence electrons. The van der Waals surface area contributed by atoms with Crippen LogP contribution in [-0.2, 0) is 15.7 Å². The maximum Gasteiger partial charge on any atom is 0.417 e. The Labute approximate surface area is 128 Å². The van der Waals surface area contributed by atoms with Crippen LogP contribution in [0.3, 0.4) is 0 Å². The van der Waals surface area contributed by atoms with Crippen molar-refractivity contribution in [1.82, 2.24) is 0 Å². The number of rotatable bonds is 6. The van der Waals surface area contributed by atoms with Crippen molar-refractivity contribution in [3.63, 3.8) is 0 Å². The van der Waals surface area contributed by atoms with Gasteiger partial charge in [0.25, 0.3) is 0 Å². The van der Waals surface area contributed by atoms with Crippen LogP contribution in [0, 0.1) is 0 Å². The predicted molar refractivity (Wildman–Crippen MR) is 74.9 cm³/mol. The molecule has 0 aliphatic heterocycles. The second-order valence-corrected chi connectivity index (χ2v) is 5.09. The maximum absolute atomic E-state index is 12.7. The first kappa shape index (κ1) is 17.8. The van der Waals surface area contributed by atoms with Crippen LogP contribution in [0.5, 0.6) is 0 Å². The number of hydrogen-bond acceptors (Lipinski definition) is 4. The molecule has 1 aromatic rings. The average molecular weight is 370 g/mol. The van der Waals surface area contributed by atoms with Crippen molar-refractivity contribution in [3.8, 4) is 0 Å². The summed E-state index contributed by atoms with van der Waals surface area (Å²) in [6.45, 7) is 1.79. The second kappa shape index (κ2) is 7.65. The van der Waals surface area contributed by atoms with E-state index in [1.807, 2.05) is 0 Å². The van der Waals surface area contributed by atoms with E-state index in [-0.39, 0.29) is 29.7 Å². The van der Waals surface area contributed by atoms with E-state index in [0.29, 0.717) is 0 Å².